The Morgan fingerprint density at radius 3 is 1.67 bits per heavy atom. The Bertz CT molecular complexity index is 1630. The van der Waals surface area contributed by atoms with Gasteiger partial charge in [0.2, 0.25) is 5.75 Å². The lowest BCUT2D eigenvalue weighted by Gasteiger charge is -2.21. The first-order chi connectivity index (χ1) is 21.0. The molecule has 0 N–H and O–H groups in total. The molecule has 240 valence electrons. The predicted molar refractivity (Wildman–Crippen MR) is 139 cm³/mol. The van der Waals surface area contributed by atoms with Gasteiger partial charge in [0.1, 0.15) is 28.7 Å². The molecule has 0 fully saturated rings. The van der Waals surface area contributed by atoms with Crippen LogP contribution in [0.15, 0.2) is 72.8 Å². The Labute approximate surface area is 248 Å². The normalized spacial score (nSPS) is 12.3. The molecule has 45 heavy (non-hydrogen) atoms. The highest BCUT2D eigenvalue weighted by Gasteiger charge is 2.40. The van der Waals surface area contributed by atoms with Crippen LogP contribution in [-0.2, 0) is 18.6 Å². The van der Waals surface area contributed by atoms with Gasteiger partial charge in [-0.05, 0) is 72.5 Å². The van der Waals surface area contributed by atoms with Crippen LogP contribution in [0.1, 0.15) is 36.5 Å². The summed E-state index contributed by atoms with van der Waals surface area (Å²) in [5, 5.41) is 0. The molecule has 0 amide bonds. The summed E-state index contributed by atoms with van der Waals surface area (Å²) >= 11 is 0. The number of unbranched alkanes of at least 4 members (excludes halogenated alkanes) is 1. The lowest BCUT2D eigenvalue weighted by atomic mass is 10.0. The molecule has 0 bridgehead atoms. The zero-order chi connectivity index (χ0) is 33.2. The minimum atomic E-state index is -5.42. The van der Waals surface area contributed by atoms with Gasteiger partial charge in [0.25, 0.3) is 0 Å². The van der Waals surface area contributed by atoms with Crippen LogP contribution in [0.4, 0.5) is 48.3 Å². The summed E-state index contributed by atoms with van der Waals surface area (Å²) in [5.74, 6) is -10.2. The van der Waals surface area contributed by atoms with Crippen molar-refractivity contribution in [3.8, 4) is 28.4 Å². The topological polar surface area (TPSA) is 27.7 Å². The maximum absolute atomic E-state index is 14.8. The van der Waals surface area contributed by atoms with E-state index in [2.05, 4.69) is 14.2 Å². The summed E-state index contributed by atoms with van der Waals surface area (Å²) in [4.78, 5) is 0. The van der Waals surface area contributed by atoms with E-state index < -0.39 is 81.4 Å². The van der Waals surface area contributed by atoms with Gasteiger partial charge in [0.05, 0.1) is 5.56 Å². The van der Waals surface area contributed by atoms with E-state index in [1.807, 2.05) is 6.92 Å². The minimum absolute atomic E-state index is 0.287. The van der Waals surface area contributed by atoms with Crippen molar-refractivity contribution in [3.05, 3.63) is 113 Å². The van der Waals surface area contributed by atoms with Crippen LogP contribution in [0.25, 0.3) is 11.1 Å². The van der Waals surface area contributed by atoms with Crippen LogP contribution >= 0.6 is 0 Å². The number of hydrogen-bond donors (Lipinski definition) is 0. The molecule has 0 unspecified atom stereocenters. The molecule has 3 nitrogen and oxygen atoms in total. The van der Waals surface area contributed by atoms with Crippen molar-refractivity contribution in [3.63, 3.8) is 0 Å². The predicted octanol–water partition coefficient (Wildman–Crippen LogP) is 10.4. The molecule has 0 aliphatic carbocycles. The Morgan fingerprint density at radius 2 is 1.13 bits per heavy atom. The van der Waals surface area contributed by atoms with Crippen molar-refractivity contribution in [1.82, 2.24) is 0 Å². The number of alkyl halides is 7. The highest BCUT2D eigenvalue weighted by Crippen LogP contribution is 2.39. The zero-order valence-corrected chi connectivity index (χ0v) is 22.9. The third kappa shape index (κ3) is 8.17. The van der Waals surface area contributed by atoms with Crippen LogP contribution in [0.3, 0.4) is 0 Å². The number of rotatable bonds is 11. The average molecular weight is 650 g/mol. The van der Waals surface area contributed by atoms with E-state index >= 15 is 0 Å². The molecule has 0 radical (unpaired) electrons. The van der Waals surface area contributed by atoms with Gasteiger partial charge in [-0.2, -0.15) is 17.6 Å². The molecular formula is C31H21F11O3. The second kappa shape index (κ2) is 12.9. The van der Waals surface area contributed by atoms with Crippen molar-refractivity contribution in [2.45, 2.75) is 44.8 Å². The molecule has 0 saturated carbocycles. The van der Waals surface area contributed by atoms with Gasteiger partial charge in [-0.3, -0.25) is 0 Å². The maximum Gasteiger partial charge on any atom is 0.573 e. The largest absolute Gasteiger partial charge is 0.573 e. The average Bonchev–Trinajstić information content (AvgIpc) is 2.93. The second-order valence-electron chi connectivity index (χ2n) is 9.64. The monoisotopic (exact) mass is 650 g/mol. The fourth-order valence-electron chi connectivity index (χ4n) is 4.17. The Hall–Kier alpha value is -4.49. The first-order valence-electron chi connectivity index (χ1n) is 13.1. The first-order valence-corrected chi connectivity index (χ1v) is 13.1. The van der Waals surface area contributed by atoms with Gasteiger partial charge in [0, 0.05) is 17.7 Å². The van der Waals surface area contributed by atoms with Crippen LogP contribution in [-0.4, -0.2) is 6.36 Å². The molecule has 0 aromatic heterocycles. The molecule has 0 saturated heterocycles. The van der Waals surface area contributed by atoms with Gasteiger partial charge in [-0.1, -0.05) is 25.5 Å². The van der Waals surface area contributed by atoms with Crippen LogP contribution in [0, 0.1) is 23.3 Å². The highest BCUT2D eigenvalue weighted by atomic mass is 19.4. The van der Waals surface area contributed by atoms with Gasteiger partial charge in [-0.25, -0.2) is 17.6 Å². The third-order valence-electron chi connectivity index (χ3n) is 6.32. The fourth-order valence-corrected chi connectivity index (χ4v) is 4.17. The summed E-state index contributed by atoms with van der Waals surface area (Å²) in [7, 11) is 0. The van der Waals surface area contributed by atoms with E-state index in [0.717, 1.165) is 36.6 Å². The molecular weight excluding hydrogens is 629 g/mol. The van der Waals surface area contributed by atoms with E-state index in [4.69, 9.17) is 0 Å². The number of benzene rings is 4. The summed E-state index contributed by atoms with van der Waals surface area (Å²) in [6, 6.07) is 9.03. The Morgan fingerprint density at radius 1 is 0.578 bits per heavy atom. The molecule has 0 aliphatic rings. The van der Waals surface area contributed by atoms with Gasteiger partial charge < -0.3 is 14.2 Å². The molecule has 0 heterocycles. The van der Waals surface area contributed by atoms with E-state index in [-0.39, 0.29) is 6.07 Å². The molecule has 4 aromatic carbocycles. The lowest BCUT2D eigenvalue weighted by molar-refractivity contribution is -0.276. The van der Waals surface area contributed by atoms with Gasteiger partial charge >= 0.3 is 18.6 Å². The van der Waals surface area contributed by atoms with Crippen LogP contribution < -0.4 is 14.2 Å². The smallest absolute Gasteiger partial charge is 0.429 e. The number of halogens is 11. The second-order valence-corrected chi connectivity index (χ2v) is 9.64. The quantitative estimate of drug-likeness (QED) is 0.151. The first kappa shape index (κ1) is 33.4. The standard InChI is InChI=1S/C31H21F11O3/c1-2-3-4-17-5-7-19(8-6-17)29(36,37)43-21-10-12-23(25(33)16-21)30(38,39)44-20-9-11-22(24(32)15-20)18-13-26(34)28(27(35)14-18)45-31(40,41)42/h5-16H,2-4H2,1H3. The van der Waals surface area contributed by atoms with E-state index in [9.17, 15) is 48.3 Å². The lowest BCUT2D eigenvalue weighted by Crippen LogP contribution is -2.24. The number of ether oxygens (including phenoxy) is 3. The highest BCUT2D eigenvalue weighted by molar-refractivity contribution is 5.66. The van der Waals surface area contributed by atoms with Crippen LogP contribution in [0.2, 0.25) is 0 Å². The van der Waals surface area contributed by atoms with Crippen molar-refractivity contribution in [2.24, 2.45) is 0 Å². The molecule has 0 atom stereocenters. The van der Waals surface area contributed by atoms with Crippen LogP contribution in [0.5, 0.6) is 17.2 Å². The number of aryl methyl sites for hydroxylation is 1. The number of hydrogen-bond acceptors (Lipinski definition) is 3. The summed E-state index contributed by atoms with van der Waals surface area (Å²) < 4.78 is 166. The Kier molecular flexibility index (Phi) is 9.54. The van der Waals surface area contributed by atoms with E-state index in [1.165, 1.54) is 12.1 Å². The van der Waals surface area contributed by atoms with Gasteiger partial charge in [-0.15, -0.1) is 13.2 Å². The summed E-state index contributed by atoms with van der Waals surface area (Å²) in [5.41, 5.74) is -2.39. The summed E-state index contributed by atoms with van der Waals surface area (Å²) in [6.45, 7) is 1.97. The molecule has 4 rings (SSSR count). The van der Waals surface area contributed by atoms with Crippen molar-refractivity contribution < 1.29 is 62.5 Å². The van der Waals surface area contributed by atoms with E-state index in [1.54, 1.807) is 0 Å². The molecule has 0 aliphatic heterocycles. The fraction of sp³-hybridized carbons (Fsp3) is 0.226. The van der Waals surface area contributed by atoms with Crippen molar-refractivity contribution in [1.29, 1.82) is 0 Å². The van der Waals surface area contributed by atoms with Gasteiger partial charge in [0.15, 0.2) is 11.6 Å². The summed E-state index contributed by atoms with van der Waals surface area (Å²) in [6.07, 6.45) is -11.4. The van der Waals surface area contributed by atoms with Crippen molar-refractivity contribution in [2.75, 3.05) is 0 Å². The molecule has 4 aromatic rings. The molecule has 14 heteroatoms. The minimum Gasteiger partial charge on any atom is -0.429 e. The van der Waals surface area contributed by atoms with Crippen molar-refractivity contribution >= 4 is 0 Å². The maximum atomic E-state index is 14.8. The third-order valence-corrected chi connectivity index (χ3v) is 6.32. The zero-order valence-electron chi connectivity index (χ0n) is 22.9. The molecule has 0 spiro atoms. The SMILES string of the molecule is CCCCc1ccc(C(F)(F)Oc2ccc(C(F)(F)Oc3ccc(-c4cc(F)c(OC(F)(F)F)c(F)c4)c(F)c3)c(F)c2)cc1. The van der Waals surface area contributed by atoms with E-state index in [0.29, 0.717) is 42.8 Å². The Balaban J connectivity index is 1.49.